The fourth-order valence-electron chi connectivity index (χ4n) is 8.04. The Morgan fingerprint density at radius 3 is 1.25 bits per heavy atom. The first-order valence-corrected chi connectivity index (χ1v) is 20.6. The Balaban J connectivity index is 1.29. The summed E-state index contributed by atoms with van der Waals surface area (Å²) in [6.07, 6.45) is -38.9. The van der Waals surface area contributed by atoms with Crippen molar-refractivity contribution in [3.63, 3.8) is 0 Å². The monoisotopic (exact) mass is 951 g/mol. The van der Waals surface area contributed by atoms with E-state index in [4.69, 9.17) is 42.6 Å². The van der Waals surface area contributed by atoms with Crippen LogP contribution in [0.5, 0.6) is 0 Å². The van der Waals surface area contributed by atoms with Crippen LogP contribution in [0.3, 0.4) is 0 Å². The van der Waals surface area contributed by atoms with Crippen LogP contribution in [0, 0.1) is 0 Å². The predicted molar refractivity (Wildman–Crippen MR) is 201 cm³/mol. The zero-order valence-corrected chi connectivity index (χ0v) is 35.1. The Hall–Kier alpha value is -2.51. The molecule has 0 radical (unpaired) electrons. The van der Waals surface area contributed by atoms with Gasteiger partial charge in [-0.05, 0) is 0 Å². The van der Waals surface area contributed by atoms with E-state index in [9.17, 15) is 85.9 Å². The van der Waals surface area contributed by atoms with Crippen molar-refractivity contribution in [2.75, 3.05) is 33.0 Å². The summed E-state index contributed by atoms with van der Waals surface area (Å²) < 4.78 is 50.9. The lowest BCUT2D eigenvalue weighted by atomic mass is 9.94. The number of hydrogen-bond acceptors (Lipinski definition) is 26. The van der Waals surface area contributed by atoms with Crippen LogP contribution in [0.15, 0.2) is 0 Å². The maximum absolute atomic E-state index is 12.4. The smallest absolute Gasteiger partial charge is 0.217 e. The maximum atomic E-state index is 12.4. The summed E-state index contributed by atoms with van der Waals surface area (Å²) in [6.45, 7) is -0.826. The minimum absolute atomic E-state index is 0.664. The van der Waals surface area contributed by atoms with E-state index < -0.39 is 204 Å². The molecule has 25 atom stereocenters. The number of aliphatic hydroxyl groups excluding tert-OH is 14. The summed E-state index contributed by atoms with van der Waals surface area (Å²) in [7, 11) is 0. The summed E-state index contributed by atoms with van der Waals surface area (Å²) in [5, 5.41) is 155. The van der Waals surface area contributed by atoms with Crippen LogP contribution in [0.4, 0.5) is 0 Å². The zero-order valence-electron chi connectivity index (χ0n) is 35.1. The Kier molecular flexibility index (Phi) is 19.1. The molecule has 5 aliphatic rings. The van der Waals surface area contributed by atoms with Gasteiger partial charge in [0.05, 0.1) is 33.0 Å². The summed E-state index contributed by atoms with van der Waals surface area (Å²) in [4.78, 5) is 36.3. The number of carbonyl (C=O) groups is 3. The van der Waals surface area contributed by atoms with Crippen molar-refractivity contribution in [2.45, 2.75) is 174 Å². The van der Waals surface area contributed by atoms with Crippen molar-refractivity contribution < 1.29 is 129 Å². The molecule has 5 aliphatic heterocycles. The highest BCUT2D eigenvalue weighted by Gasteiger charge is 2.55. The second-order valence-corrected chi connectivity index (χ2v) is 16.2. The van der Waals surface area contributed by atoms with Crippen molar-refractivity contribution in [2.24, 2.45) is 0 Å². The van der Waals surface area contributed by atoms with Crippen LogP contribution in [-0.2, 0) is 57.0 Å². The summed E-state index contributed by atoms with van der Waals surface area (Å²) >= 11 is 0. The van der Waals surface area contributed by atoms with Crippen molar-refractivity contribution >= 4 is 17.7 Å². The number of carbonyl (C=O) groups excluding carboxylic acids is 3. The highest BCUT2D eigenvalue weighted by atomic mass is 16.8. The molecule has 0 spiro atoms. The predicted octanol–water partition coefficient (Wildman–Crippen LogP) is -11.5. The Labute approximate surface area is 369 Å². The van der Waals surface area contributed by atoms with Crippen LogP contribution in [-0.4, -0.2) is 276 Å². The lowest BCUT2D eigenvalue weighted by Crippen LogP contribution is -2.69. The summed E-state index contributed by atoms with van der Waals surface area (Å²) in [5.74, 6) is -2.17. The number of amides is 3. The largest absolute Gasteiger partial charge is 0.394 e. The SMILES string of the molecule is CC(=O)N[C@@H]1[C@@H](O[C@@H]2O[C@H](CO)[C@H](O)[C@H](O)[C@H]2O)[C@@H](O)[C@@H](CO[C@@H]2O[C@H](CO)[C@@H](O[C@@H]3O[C@H](CO[C@@H]4O[C@H](CO)[C@@H](O)[C@H](O)[C@H]4NC(C)=O)[C@H](O)[C@H](O)[C@H]3O)[C@H](O)[C@H]2NC(C)=O)O[C@H]1O. The highest BCUT2D eigenvalue weighted by Crippen LogP contribution is 2.33. The third kappa shape index (κ3) is 12.2. The van der Waals surface area contributed by atoms with Gasteiger partial charge in [-0.3, -0.25) is 14.4 Å². The molecule has 0 unspecified atom stereocenters. The molecule has 5 heterocycles. The number of hydrogen-bond donors (Lipinski definition) is 17. The molecule has 0 aromatic carbocycles. The lowest BCUT2D eigenvalue weighted by molar-refractivity contribution is -0.359. The van der Waals surface area contributed by atoms with Gasteiger partial charge in [-0.2, -0.15) is 0 Å². The van der Waals surface area contributed by atoms with Gasteiger partial charge in [0.25, 0.3) is 0 Å². The number of nitrogens with one attached hydrogen (secondary N) is 3. The van der Waals surface area contributed by atoms with E-state index in [1.165, 1.54) is 0 Å². The average molecular weight is 952 g/mol. The van der Waals surface area contributed by atoms with E-state index in [-0.39, 0.29) is 0 Å². The van der Waals surface area contributed by atoms with Crippen LogP contribution in [0.1, 0.15) is 20.8 Å². The van der Waals surface area contributed by atoms with Crippen molar-refractivity contribution in [1.29, 1.82) is 0 Å². The molecule has 0 aliphatic carbocycles. The van der Waals surface area contributed by atoms with Crippen LogP contribution >= 0.6 is 0 Å². The van der Waals surface area contributed by atoms with Gasteiger partial charge in [-0.1, -0.05) is 0 Å². The van der Waals surface area contributed by atoms with Gasteiger partial charge in [0.15, 0.2) is 31.5 Å². The average Bonchev–Trinajstić information content (AvgIpc) is 3.25. The molecule has 3 amide bonds. The van der Waals surface area contributed by atoms with Crippen LogP contribution in [0.25, 0.3) is 0 Å². The third-order valence-electron chi connectivity index (χ3n) is 11.5. The molecule has 29 nitrogen and oxygen atoms in total. The standard InChI is InChI=1S/C36H61N3O26/c1-9(43)37-17-24(50)20(46)12(4-40)60-33(17)57-7-15-22(48)27(53)29(55)36(63-15)64-30-14(6-42)62-34(18(25(30)51)38-10(2)44)58-8-16-23(49)31(19(32(56)59-16)39-11(3)45)65-35-28(54)26(52)21(47)13(5-41)61-35/h12-36,40-42,46-56H,4-8H2,1-3H3,(H,37,43)(H,38,44)(H,39,45)/t12-,13-,14-,15-,16-,17-,18-,19-,20-,21+,22+,23+,24-,25-,26+,27+,28-,29-,30-,31-,32-,33-,34-,35+,36+/m1/s1. The molecule has 0 aromatic rings. The molecule has 0 saturated carbocycles. The van der Waals surface area contributed by atoms with Gasteiger partial charge in [0, 0.05) is 20.8 Å². The number of ether oxygens (including phenoxy) is 9. The molecule has 5 fully saturated rings. The minimum Gasteiger partial charge on any atom is -0.394 e. The Morgan fingerprint density at radius 1 is 0.400 bits per heavy atom. The van der Waals surface area contributed by atoms with Gasteiger partial charge >= 0.3 is 0 Å². The molecule has 0 aromatic heterocycles. The van der Waals surface area contributed by atoms with Gasteiger partial charge in [0.2, 0.25) is 17.7 Å². The first kappa shape index (κ1) is 53.4. The van der Waals surface area contributed by atoms with Crippen molar-refractivity contribution in [3.8, 4) is 0 Å². The molecule has 65 heavy (non-hydrogen) atoms. The van der Waals surface area contributed by atoms with E-state index in [0.717, 1.165) is 20.8 Å². The molecule has 5 rings (SSSR count). The van der Waals surface area contributed by atoms with Gasteiger partial charge < -0.3 is 130 Å². The topological polar surface area (TPSA) is 454 Å². The van der Waals surface area contributed by atoms with E-state index in [1.54, 1.807) is 0 Å². The molecule has 376 valence electrons. The minimum atomic E-state index is -2.05. The van der Waals surface area contributed by atoms with Gasteiger partial charge in [-0.25, -0.2) is 0 Å². The van der Waals surface area contributed by atoms with E-state index in [1.807, 2.05) is 0 Å². The Morgan fingerprint density at radius 2 is 0.769 bits per heavy atom. The second-order valence-electron chi connectivity index (χ2n) is 16.2. The first-order chi connectivity index (χ1) is 30.6. The molecule has 5 saturated heterocycles. The second kappa shape index (κ2) is 23.2. The van der Waals surface area contributed by atoms with E-state index in [0.29, 0.717) is 0 Å². The van der Waals surface area contributed by atoms with Gasteiger partial charge in [0.1, 0.15) is 122 Å². The fourth-order valence-corrected chi connectivity index (χ4v) is 8.04. The molecule has 0 bridgehead atoms. The highest BCUT2D eigenvalue weighted by molar-refractivity contribution is 5.74. The molecule has 29 heteroatoms. The lowest BCUT2D eigenvalue weighted by Gasteiger charge is -2.48. The van der Waals surface area contributed by atoms with Crippen LogP contribution in [0.2, 0.25) is 0 Å². The summed E-state index contributed by atoms with van der Waals surface area (Å²) in [5.41, 5.74) is 0. The van der Waals surface area contributed by atoms with Gasteiger partial charge in [-0.15, -0.1) is 0 Å². The van der Waals surface area contributed by atoms with Crippen molar-refractivity contribution in [1.82, 2.24) is 16.0 Å². The number of rotatable bonds is 16. The quantitative estimate of drug-likeness (QED) is 0.0683. The third-order valence-corrected chi connectivity index (χ3v) is 11.5. The zero-order chi connectivity index (χ0) is 48.2. The molecular formula is C36H61N3O26. The summed E-state index contributed by atoms with van der Waals surface area (Å²) in [6, 6.07) is -4.57. The maximum Gasteiger partial charge on any atom is 0.217 e. The van der Waals surface area contributed by atoms with Crippen LogP contribution < -0.4 is 16.0 Å². The van der Waals surface area contributed by atoms with E-state index >= 15 is 0 Å². The Bertz CT molecular complexity index is 1560. The van der Waals surface area contributed by atoms with Crippen molar-refractivity contribution in [3.05, 3.63) is 0 Å². The molecular weight excluding hydrogens is 890 g/mol. The fraction of sp³-hybridized carbons (Fsp3) is 0.917. The first-order valence-electron chi connectivity index (χ1n) is 20.6. The molecule has 17 N–H and O–H groups in total. The van der Waals surface area contributed by atoms with E-state index in [2.05, 4.69) is 16.0 Å². The normalized spacial score (nSPS) is 47.1. The number of aliphatic hydroxyl groups is 14.